The molecule has 3 rings (SSSR count). The average molecular weight is 304 g/mol. The minimum Gasteiger partial charge on any atom is -0.399 e. The summed E-state index contributed by atoms with van der Waals surface area (Å²) in [5, 5.41) is 0. The van der Waals surface area contributed by atoms with Gasteiger partial charge < -0.3 is 10.6 Å². The first-order valence-corrected chi connectivity index (χ1v) is 8.71. The maximum atomic E-state index is 13.0. The molecule has 3 nitrogen and oxygen atoms in total. The lowest BCUT2D eigenvalue weighted by atomic mass is 9.93. The van der Waals surface area contributed by atoms with Gasteiger partial charge in [-0.25, -0.2) is 0 Å². The van der Waals surface area contributed by atoms with Crippen molar-refractivity contribution >= 4 is 23.4 Å². The highest BCUT2D eigenvalue weighted by molar-refractivity contribution is 8.00. The molecule has 21 heavy (non-hydrogen) atoms. The Kier molecular flexibility index (Phi) is 3.68. The van der Waals surface area contributed by atoms with Gasteiger partial charge in [0.25, 0.3) is 0 Å². The lowest BCUT2D eigenvalue weighted by Gasteiger charge is -2.27. The third-order valence-corrected chi connectivity index (χ3v) is 6.12. The Morgan fingerprint density at radius 1 is 1.14 bits per heavy atom. The molecule has 2 fully saturated rings. The molecule has 1 aliphatic heterocycles. The molecule has 1 aromatic rings. The van der Waals surface area contributed by atoms with Gasteiger partial charge in [0.2, 0.25) is 5.91 Å². The number of rotatable bonds is 2. The number of nitrogens with two attached hydrogens (primary N) is 1. The molecule has 0 radical (unpaired) electrons. The quantitative estimate of drug-likeness (QED) is 0.854. The van der Waals surface area contributed by atoms with Crippen molar-refractivity contribution in [3.05, 3.63) is 29.8 Å². The molecule has 114 valence electrons. The highest BCUT2D eigenvalue weighted by atomic mass is 32.2. The van der Waals surface area contributed by atoms with E-state index in [4.69, 9.17) is 5.73 Å². The Morgan fingerprint density at radius 3 is 2.43 bits per heavy atom. The topological polar surface area (TPSA) is 46.3 Å². The highest BCUT2D eigenvalue weighted by Gasteiger charge is 2.53. The standard InChI is InChI=1S/C17H24N2OS/c1-16(2)9-10-19(11-12-21-16)15(20)17(7-8-17)13-3-5-14(18)6-4-13/h3-6H,7-12,18H2,1-2H3. The molecule has 1 aromatic carbocycles. The molecule has 0 unspecified atom stereocenters. The van der Waals surface area contributed by atoms with Crippen LogP contribution in [-0.4, -0.2) is 34.4 Å². The van der Waals surface area contributed by atoms with Crippen molar-refractivity contribution in [3.8, 4) is 0 Å². The van der Waals surface area contributed by atoms with Gasteiger partial charge in [-0.05, 0) is 37.0 Å². The fraction of sp³-hybridized carbons (Fsp3) is 0.588. The van der Waals surface area contributed by atoms with Crippen molar-refractivity contribution in [2.24, 2.45) is 0 Å². The van der Waals surface area contributed by atoms with Crippen LogP contribution in [0.25, 0.3) is 0 Å². The van der Waals surface area contributed by atoms with E-state index in [1.54, 1.807) is 0 Å². The molecule has 1 amide bonds. The second-order valence-corrected chi connectivity index (χ2v) is 8.66. The van der Waals surface area contributed by atoms with Gasteiger partial charge in [-0.2, -0.15) is 11.8 Å². The second kappa shape index (κ2) is 5.24. The summed E-state index contributed by atoms with van der Waals surface area (Å²) in [7, 11) is 0. The van der Waals surface area contributed by atoms with Crippen LogP contribution < -0.4 is 5.73 Å². The summed E-state index contributed by atoms with van der Waals surface area (Å²) >= 11 is 1.98. The lowest BCUT2D eigenvalue weighted by Crippen LogP contribution is -2.41. The van der Waals surface area contributed by atoms with Gasteiger partial charge in [0.1, 0.15) is 0 Å². The van der Waals surface area contributed by atoms with Crippen LogP contribution in [-0.2, 0) is 10.2 Å². The molecule has 0 bridgehead atoms. The Bertz CT molecular complexity index is 534. The first kappa shape index (κ1) is 14.8. The molecule has 0 spiro atoms. The number of nitrogens with zero attached hydrogens (tertiary/aromatic N) is 1. The number of anilines is 1. The summed E-state index contributed by atoms with van der Waals surface area (Å²) < 4.78 is 0.285. The zero-order valence-corrected chi connectivity index (χ0v) is 13.7. The summed E-state index contributed by atoms with van der Waals surface area (Å²) in [6.45, 7) is 6.32. The molecule has 1 aliphatic carbocycles. The van der Waals surface area contributed by atoms with Crippen molar-refractivity contribution in [2.45, 2.75) is 43.3 Å². The Balaban J connectivity index is 1.77. The van der Waals surface area contributed by atoms with Gasteiger partial charge in [0.05, 0.1) is 5.41 Å². The van der Waals surface area contributed by atoms with E-state index < -0.39 is 0 Å². The smallest absolute Gasteiger partial charge is 0.233 e. The SMILES string of the molecule is CC1(C)CCN(C(=O)C2(c3ccc(N)cc3)CC2)CCS1. The van der Waals surface area contributed by atoms with E-state index in [9.17, 15) is 4.79 Å². The van der Waals surface area contributed by atoms with Crippen molar-refractivity contribution in [1.82, 2.24) is 4.90 Å². The fourth-order valence-corrected chi connectivity index (χ4v) is 4.18. The predicted molar refractivity (Wildman–Crippen MR) is 89.5 cm³/mol. The number of amides is 1. The molecule has 0 aromatic heterocycles. The van der Waals surface area contributed by atoms with Crippen LogP contribution in [0.5, 0.6) is 0 Å². The monoisotopic (exact) mass is 304 g/mol. The summed E-state index contributed by atoms with van der Waals surface area (Å²) in [6, 6.07) is 7.86. The fourth-order valence-electron chi connectivity index (χ4n) is 3.08. The van der Waals surface area contributed by atoms with Crippen LogP contribution in [0.4, 0.5) is 5.69 Å². The predicted octanol–water partition coefficient (Wildman–Crippen LogP) is 3.04. The number of carbonyl (C=O) groups excluding carboxylic acids is 1. The van der Waals surface area contributed by atoms with Crippen molar-refractivity contribution in [1.29, 1.82) is 0 Å². The first-order chi connectivity index (χ1) is 9.93. The molecular formula is C17H24N2OS. The third kappa shape index (κ3) is 2.91. The summed E-state index contributed by atoms with van der Waals surface area (Å²) in [4.78, 5) is 15.1. The van der Waals surface area contributed by atoms with E-state index in [-0.39, 0.29) is 10.2 Å². The molecule has 1 saturated carbocycles. The van der Waals surface area contributed by atoms with Crippen molar-refractivity contribution in [2.75, 3.05) is 24.6 Å². The molecule has 4 heteroatoms. The first-order valence-electron chi connectivity index (χ1n) is 7.72. The van der Waals surface area contributed by atoms with E-state index in [1.807, 2.05) is 36.0 Å². The molecular weight excluding hydrogens is 280 g/mol. The van der Waals surface area contributed by atoms with E-state index >= 15 is 0 Å². The maximum Gasteiger partial charge on any atom is 0.233 e. The molecule has 1 heterocycles. The number of nitrogen functional groups attached to an aromatic ring is 1. The summed E-state index contributed by atoms with van der Waals surface area (Å²) in [5.41, 5.74) is 7.40. The molecule has 0 atom stereocenters. The van der Waals surface area contributed by atoms with Crippen LogP contribution in [0.3, 0.4) is 0 Å². The second-order valence-electron chi connectivity index (χ2n) is 6.85. The Labute approximate surface area is 131 Å². The maximum absolute atomic E-state index is 13.0. The minimum atomic E-state index is -0.257. The van der Waals surface area contributed by atoms with Crippen molar-refractivity contribution in [3.63, 3.8) is 0 Å². The normalized spacial score (nSPS) is 23.4. The van der Waals surface area contributed by atoms with Crippen LogP contribution in [0.15, 0.2) is 24.3 Å². The van der Waals surface area contributed by atoms with Gasteiger partial charge in [-0.15, -0.1) is 0 Å². The molecule has 2 aliphatic rings. The number of benzene rings is 1. The largest absolute Gasteiger partial charge is 0.399 e. The number of hydrogen-bond donors (Lipinski definition) is 1. The Hall–Kier alpha value is -1.16. The average Bonchev–Trinajstić information content (AvgIpc) is 3.24. The van der Waals surface area contributed by atoms with E-state index in [2.05, 4.69) is 18.7 Å². The minimum absolute atomic E-state index is 0.257. The molecule has 2 N–H and O–H groups in total. The van der Waals surface area contributed by atoms with Crippen LogP contribution in [0, 0.1) is 0 Å². The van der Waals surface area contributed by atoms with Gasteiger partial charge in [-0.3, -0.25) is 4.79 Å². The van der Waals surface area contributed by atoms with Crippen LogP contribution in [0.1, 0.15) is 38.7 Å². The van der Waals surface area contributed by atoms with Gasteiger partial charge >= 0.3 is 0 Å². The number of hydrogen-bond acceptors (Lipinski definition) is 3. The lowest BCUT2D eigenvalue weighted by molar-refractivity contribution is -0.133. The third-order valence-electron chi connectivity index (χ3n) is 4.75. The van der Waals surface area contributed by atoms with E-state index in [1.165, 1.54) is 0 Å². The number of thioether (sulfide) groups is 1. The van der Waals surface area contributed by atoms with E-state index in [0.29, 0.717) is 5.91 Å². The zero-order valence-electron chi connectivity index (χ0n) is 12.9. The van der Waals surface area contributed by atoms with Crippen molar-refractivity contribution < 1.29 is 4.79 Å². The van der Waals surface area contributed by atoms with Gasteiger partial charge in [0.15, 0.2) is 0 Å². The number of carbonyl (C=O) groups is 1. The van der Waals surface area contributed by atoms with Crippen LogP contribution in [0.2, 0.25) is 0 Å². The zero-order chi connectivity index (χ0) is 15.1. The van der Waals surface area contributed by atoms with Crippen LogP contribution >= 0.6 is 11.8 Å². The summed E-state index contributed by atoms with van der Waals surface area (Å²) in [5.74, 6) is 1.36. The molecule has 1 saturated heterocycles. The van der Waals surface area contributed by atoms with Gasteiger partial charge in [-0.1, -0.05) is 26.0 Å². The summed E-state index contributed by atoms with van der Waals surface area (Å²) in [6.07, 6.45) is 3.02. The van der Waals surface area contributed by atoms with Gasteiger partial charge in [0, 0.05) is 29.3 Å². The van der Waals surface area contributed by atoms with E-state index in [0.717, 1.165) is 49.4 Å². The highest BCUT2D eigenvalue weighted by Crippen LogP contribution is 2.50. The Morgan fingerprint density at radius 2 is 1.81 bits per heavy atom.